The Morgan fingerprint density at radius 1 is 1.67 bits per heavy atom. The van der Waals surface area contributed by atoms with E-state index in [1.54, 1.807) is 17.1 Å². The van der Waals surface area contributed by atoms with Gasteiger partial charge < -0.3 is 5.32 Å². The summed E-state index contributed by atoms with van der Waals surface area (Å²) in [5.41, 5.74) is 0.746. The second-order valence-corrected chi connectivity index (χ2v) is 3.05. The molecule has 1 aromatic rings. The first-order valence-corrected chi connectivity index (χ1v) is 3.89. The fourth-order valence-electron chi connectivity index (χ4n) is 0.772. The number of aromatic nitrogens is 2. The van der Waals surface area contributed by atoms with Gasteiger partial charge in [-0.25, -0.2) is 0 Å². The molecule has 4 heteroatoms. The Morgan fingerprint density at radius 3 is 2.75 bits per heavy atom. The van der Waals surface area contributed by atoms with E-state index in [0.29, 0.717) is 0 Å². The Balaban J connectivity index is 2.58. The number of carbonyl (C=O) groups is 1. The molecule has 0 aliphatic heterocycles. The lowest BCUT2D eigenvalue weighted by molar-refractivity contribution is -0.118. The minimum atomic E-state index is 0.00482. The number of aryl methyl sites for hydroxylation is 1. The molecule has 0 bridgehead atoms. The van der Waals surface area contributed by atoms with Gasteiger partial charge in [0.25, 0.3) is 0 Å². The monoisotopic (exact) mass is 167 g/mol. The highest BCUT2D eigenvalue weighted by Gasteiger charge is 2.07. The molecule has 0 aromatic carbocycles. The summed E-state index contributed by atoms with van der Waals surface area (Å²) in [5.74, 6) is 0.0215. The van der Waals surface area contributed by atoms with E-state index in [1.807, 2.05) is 20.9 Å². The van der Waals surface area contributed by atoms with E-state index >= 15 is 0 Å². The molecule has 1 heterocycles. The van der Waals surface area contributed by atoms with Crippen LogP contribution in [0.4, 0.5) is 5.69 Å². The van der Waals surface area contributed by atoms with Crippen molar-refractivity contribution in [2.75, 3.05) is 5.32 Å². The maximum Gasteiger partial charge on any atom is 0.227 e. The Bertz CT molecular complexity index is 278. The smallest absolute Gasteiger partial charge is 0.227 e. The highest BCUT2D eigenvalue weighted by Crippen LogP contribution is 2.05. The Hall–Kier alpha value is -1.32. The summed E-state index contributed by atoms with van der Waals surface area (Å²) >= 11 is 0. The van der Waals surface area contributed by atoms with Crippen LogP contribution < -0.4 is 5.32 Å². The highest BCUT2D eigenvalue weighted by molar-refractivity contribution is 5.91. The van der Waals surface area contributed by atoms with Crippen LogP contribution in [0.25, 0.3) is 0 Å². The third-order valence-corrected chi connectivity index (χ3v) is 1.50. The normalized spacial score (nSPS) is 10.3. The number of amides is 1. The van der Waals surface area contributed by atoms with Gasteiger partial charge in [-0.3, -0.25) is 9.48 Å². The first-order chi connectivity index (χ1) is 5.59. The van der Waals surface area contributed by atoms with Crippen LogP contribution in [0.5, 0.6) is 0 Å². The Labute approximate surface area is 71.6 Å². The minimum Gasteiger partial charge on any atom is -0.323 e. The molecule has 1 N–H and O–H groups in total. The van der Waals surface area contributed by atoms with Gasteiger partial charge in [-0.15, -0.1) is 0 Å². The number of anilines is 1. The van der Waals surface area contributed by atoms with Crippen molar-refractivity contribution < 1.29 is 4.79 Å². The number of rotatable bonds is 2. The zero-order chi connectivity index (χ0) is 9.14. The summed E-state index contributed by atoms with van der Waals surface area (Å²) in [6.07, 6.45) is 3.39. The summed E-state index contributed by atoms with van der Waals surface area (Å²) in [5, 5.41) is 6.67. The van der Waals surface area contributed by atoms with Gasteiger partial charge in [0.05, 0.1) is 11.9 Å². The van der Waals surface area contributed by atoms with Crippen molar-refractivity contribution >= 4 is 11.6 Å². The topological polar surface area (TPSA) is 46.9 Å². The lowest BCUT2D eigenvalue weighted by Crippen LogP contribution is -2.17. The third-order valence-electron chi connectivity index (χ3n) is 1.50. The molecule has 0 aliphatic carbocycles. The fourth-order valence-corrected chi connectivity index (χ4v) is 0.772. The molecule has 0 saturated heterocycles. The van der Waals surface area contributed by atoms with Gasteiger partial charge in [-0.1, -0.05) is 13.8 Å². The number of nitrogens with zero attached hydrogens (tertiary/aromatic N) is 2. The fraction of sp³-hybridized carbons (Fsp3) is 0.500. The van der Waals surface area contributed by atoms with Crippen molar-refractivity contribution in [2.24, 2.45) is 13.0 Å². The van der Waals surface area contributed by atoms with E-state index < -0.39 is 0 Å². The molecule has 1 aromatic heterocycles. The second-order valence-electron chi connectivity index (χ2n) is 3.05. The van der Waals surface area contributed by atoms with Crippen LogP contribution in [0.1, 0.15) is 13.8 Å². The molecule has 12 heavy (non-hydrogen) atoms. The van der Waals surface area contributed by atoms with Gasteiger partial charge in [0.1, 0.15) is 0 Å². The number of hydrogen-bond acceptors (Lipinski definition) is 2. The third kappa shape index (κ3) is 2.08. The van der Waals surface area contributed by atoms with Crippen molar-refractivity contribution in [3.8, 4) is 0 Å². The van der Waals surface area contributed by atoms with Crippen LogP contribution in [-0.2, 0) is 11.8 Å². The van der Waals surface area contributed by atoms with Gasteiger partial charge in [-0.05, 0) is 0 Å². The largest absolute Gasteiger partial charge is 0.323 e. The molecule has 0 fully saturated rings. The second kappa shape index (κ2) is 3.38. The summed E-state index contributed by atoms with van der Waals surface area (Å²) in [6, 6.07) is 0. The maximum absolute atomic E-state index is 11.2. The zero-order valence-corrected chi connectivity index (χ0v) is 7.53. The quantitative estimate of drug-likeness (QED) is 0.714. The molecule has 0 aliphatic rings. The molecule has 0 atom stereocenters. The number of hydrogen-bond donors (Lipinski definition) is 1. The van der Waals surface area contributed by atoms with Crippen LogP contribution in [0.3, 0.4) is 0 Å². The first-order valence-electron chi connectivity index (χ1n) is 3.89. The van der Waals surface area contributed by atoms with Crippen molar-refractivity contribution in [1.82, 2.24) is 9.78 Å². The molecule has 1 amide bonds. The van der Waals surface area contributed by atoms with E-state index in [2.05, 4.69) is 10.4 Å². The van der Waals surface area contributed by atoms with Gasteiger partial charge in [-0.2, -0.15) is 5.10 Å². The number of nitrogens with one attached hydrogen (secondary N) is 1. The molecular formula is C8H13N3O. The predicted molar refractivity (Wildman–Crippen MR) is 46.7 cm³/mol. The molecular weight excluding hydrogens is 154 g/mol. The standard InChI is InChI=1S/C8H13N3O/c1-6(2)8(12)10-7-4-9-11(3)5-7/h4-6H,1-3H3,(H,10,12). The van der Waals surface area contributed by atoms with Crippen LogP contribution in [0, 0.1) is 5.92 Å². The van der Waals surface area contributed by atoms with E-state index in [9.17, 15) is 4.79 Å². The summed E-state index contributed by atoms with van der Waals surface area (Å²) in [4.78, 5) is 11.2. The van der Waals surface area contributed by atoms with E-state index in [1.165, 1.54) is 0 Å². The lowest BCUT2D eigenvalue weighted by Gasteiger charge is -2.03. The lowest BCUT2D eigenvalue weighted by atomic mass is 10.2. The van der Waals surface area contributed by atoms with Gasteiger partial charge in [0.2, 0.25) is 5.91 Å². The van der Waals surface area contributed by atoms with Crippen molar-refractivity contribution in [3.05, 3.63) is 12.4 Å². The van der Waals surface area contributed by atoms with Gasteiger partial charge in [0.15, 0.2) is 0 Å². The van der Waals surface area contributed by atoms with E-state index in [0.717, 1.165) is 5.69 Å². The predicted octanol–water partition coefficient (Wildman–Crippen LogP) is 1.01. The van der Waals surface area contributed by atoms with Crippen LogP contribution in [-0.4, -0.2) is 15.7 Å². The van der Waals surface area contributed by atoms with Crippen LogP contribution >= 0.6 is 0 Å². The van der Waals surface area contributed by atoms with Crippen LogP contribution in [0.15, 0.2) is 12.4 Å². The van der Waals surface area contributed by atoms with Gasteiger partial charge in [0, 0.05) is 19.2 Å². The Morgan fingerprint density at radius 2 is 2.33 bits per heavy atom. The number of carbonyl (C=O) groups excluding carboxylic acids is 1. The molecule has 0 saturated carbocycles. The maximum atomic E-state index is 11.2. The SMILES string of the molecule is CC(C)C(=O)Nc1cnn(C)c1. The van der Waals surface area contributed by atoms with Gasteiger partial charge >= 0.3 is 0 Å². The van der Waals surface area contributed by atoms with Crippen molar-refractivity contribution in [1.29, 1.82) is 0 Å². The van der Waals surface area contributed by atoms with Crippen molar-refractivity contribution in [3.63, 3.8) is 0 Å². The molecule has 0 unspecified atom stereocenters. The average Bonchev–Trinajstić information content (AvgIpc) is 2.35. The molecule has 0 radical (unpaired) electrons. The summed E-state index contributed by atoms with van der Waals surface area (Å²) in [6.45, 7) is 3.71. The summed E-state index contributed by atoms with van der Waals surface area (Å²) in [7, 11) is 1.81. The first kappa shape index (κ1) is 8.77. The minimum absolute atomic E-state index is 0.00482. The highest BCUT2D eigenvalue weighted by atomic mass is 16.1. The van der Waals surface area contributed by atoms with Crippen molar-refractivity contribution in [2.45, 2.75) is 13.8 Å². The van der Waals surface area contributed by atoms with E-state index in [-0.39, 0.29) is 11.8 Å². The zero-order valence-electron chi connectivity index (χ0n) is 7.53. The van der Waals surface area contributed by atoms with E-state index in [4.69, 9.17) is 0 Å². The van der Waals surface area contributed by atoms with Crippen LogP contribution in [0.2, 0.25) is 0 Å². The Kier molecular flexibility index (Phi) is 2.47. The molecule has 4 nitrogen and oxygen atoms in total. The summed E-state index contributed by atoms with van der Waals surface area (Å²) < 4.78 is 1.65. The average molecular weight is 167 g/mol. The molecule has 1 rings (SSSR count). The molecule has 66 valence electrons. The molecule has 0 spiro atoms.